The van der Waals surface area contributed by atoms with Crippen LogP contribution >= 0.6 is 0 Å². The average molecular weight is 356 g/mol. The summed E-state index contributed by atoms with van der Waals surface area (Å²) in [4.78, 5) is 52.0. The van der Waals surface area contributed by atoms with E-state index in [1.54, 1.807) is 6.07 Å². The highest BCUT2D eigenvalue weighted by atomic mass is 16.2. The van der Waals surface area contributed by atoms with Crippen LogP contribution in [0.4, 0.5) is 4.79 Å². The van der Waals surface area contributed by atoms with E-state index in [1.807, 2.05) is 32.9 Å². The molecule has 1 saturated carbocycles. The summed E-state index contributed by atoms with van der Waals surface area (Å²) in [6, 6.07) is 4.56. The van der Waals surface area contributed by atoms with E-state index in [4.69, 9.17) is 0 Å². The molecule has 6 nitrogen and oxygen atoms in total. The van der Waals surface area contributed by atoms with Crippen LogP contribution in [0, 0.1) is 19.8 Å². The molecule has 1 aliphatic heterocycles. The highest BCUT2D eigenvalue weighted by Gasteiger charge is 2.49. The van der Waals surface area contributed by atoms with Gasteiger partial charge in [0, 0.05) is 11.6 Å². The Balaban J connectivity index is 1.81. The van der Waals surface area contributed by atoms with Crippen molar-refractivity contribution in [2.24, 2.45) is 5.92 Å². The number of Topliss-reactive ketones (excluding diaryl/α,β-unsaturated/α-hetero) is 1. The number of rotatable bonds is 4. The van der Waals surface area contributed by atoms with Gasteiger partial charge in [-0.05, 0) is 44.2 Å². The van der Waals surface area contributed by atoms with Crippen LogP contribution in [0.1, 0.15) is 54.1 Å². The quantitative estimate of drug-likeness (QED) is 0.472. The second-order valence-corrected chi connectivity index (χ2v) is 7.42. The monoisotopic (exact) mass is 356 g/mol. The Hall–Kier alpha value is -2.50. The van der Waals surface area contributed by atoms with E-state index in [1.165, 1.54) is 0 Å². The molecule has 1 aromatic rings. The van der Waals surface area contributed by atoms with E-state index in [0.717, 1.165) is 40.2 Å². The first-order valence-electron chi connectivity index (χ1n) is 9.10. The summed E-state index contributed by atoms with van der Waals surface area (Å²) >= 11 is 0. The number of carbonyl (C=O) groups excluding carboxylic acids is 4. The van der Waals surface area contributed by atoms with Crippen LogP contribution in [0.5, 0.6) is 0 Å². The Bertz CT molecular complexity index is 786. The predicted molar refractivity (Wildman–Crippen MR) is 95.6 cm³/mol. The molecule has 0 unspecified atom stereocenters. The molecule has 1 saturated heterocycles. The number of imide groups is 2. The SMILES string of the molecule is Cc1ccc(C)c(C(=O)CN2C(=O)C(=O)N([C@@H]3CCCC[C@@H]3C)C2=O)c1. The lowest BCUT2D eigenvalue weighted by atomic mass is 9.85. The van der Waals surface area contributed by atoms with E-state index in [0.29, 0.717) is 12.0 Å². The van der Waals surface area contributed by atoms with Gasteiger partial charge in [0.2, 0.25) is 0 Å². The summed E-state index contributed by atoms with van der Waals surface area (Å²) in [6.07, 6.45) is 3.64. The summed E-state index contributed by atoms with van der Waals surface area (Å²) < 4.78 is 0. The minimum absolute atomic E-state index is 0.166. The smallest absolute Gasteiger partial charge is 0.292 e. The molecule has 1 aromatic carbocycles. The maximum atomic E-state index is 12.7. The van der Waals surface area contributed by atoms with Gasteiger partial charge in [-0.15, -0.1) is 0 Å². The molecule has 0 aromatic heterocycles. The number of ketones is 1. The summed E-state index contributed by atoms with van der Waals surface area (Å²) in [6.45, 7) is 5.28. The van der Waals surface area contributed by atoms with Crippen LogP contribution in [0.2, 0.25) is 0 Å². The highest BCUT2D eigenvalue weighted by molar-refractivity contribution is 6.45. The first-order chi connectivity index (χ1) is 12.3. The van der Waals surface area contributed by atoms with Crippen LogP contribution in [0.15, 0.2) is 18.2 Å². The number of carbonyl (C=O) groups is 4. The number of hydrogen-bond donors (Lipinski definition) is 0. The minimum Gasteiger partial charge on any atom is -0.292 e. The lowest BCUT2D eigenvalue weighted by Gasteiger charge is -2.34. The third-order valence-corrected chi connectivity index (χ3v) is 5.48. The summed E-state index contributed by atoms with van der Waals surface area (Å²) in [7, 11) is 0. The molecule has 6 heteroatoms. The molecule has 1 heterocycles. The molecule has 2 atom stereocenters. The maximum absolute atomic E-state index is 12.7. The maximum Gasteiger partial charge on any atom is 0.334 e. The number of benzene rings is 1. The number of urea groups is 1. The van der Waals surface area contributed by atoms with E-state index in [9.17, 15) is 19.2 Å². The van der Waals surface area contributed by atoms with Crippen molar-refractivity contribution in [1.29, 1.82) is 0 Å². The van der Waals surface area contributed by atoms with Gasteiger partial charge in [-0.2, -0.15) is 0 Å². The summed E-state index contributed by atoms with van der Waals surface area (Å²) in [5.41, 5.74) is 2.18. The van der Waals surface area contributed by atoms with Gasteiger partial charge in [-0.1, -0.05) is 37.5 Å². The zero-order valence-corrected chi connectivity index (χ0v) is 15.4. The summed E-state index contributed by atoms with van der Waals surface area (Å²) in [5.74, 6) is -1.87. The van der Waals surface area contributed by atoms with Gasteiger partial charge in [0.15, 0.2) is 5.78 Å². The van der Waals surface area contributed by atoms with Gasteiger partial charge < -0.3 is 0 Å². The molecule has 2 aliphatic rings. The summed E-state index contributed by atoms with van der Waals surface area (Å²) in [5, 5.41) is 0. The molecule has 0 spiro atoms. The van der Waals surface area contributed by atoms with Crippen LogP contribution < -0.4 is 0 Å². The average Bonchev–Trinajstić information content (AvgIpc) is 2.81. The molecule has 3 rings (SSSR count). The lowest BCUT2D eigenvalue weighted by molar-refractivity contribution is -0.144. The van der Waals surface area contributed by atoms with Crippen molar-refractivity contribution in [1.82, 2.24) is 9.80 Å². The Kier molecular flexibility index (Phi) is 4.94. The lowest BCUT2D eigenvalue weighted by Crippen LogP contribution is -2.46. The third-order valence-electron chi connectivity index (χ3n) is 5.48. The van der Waals surface area contributed by atoms with Crippen molar-refractivity contribution in [2.45, 2.75) is 52.5 Å². The minimum atomic E-state index is -0.897. The van der Waals surface area contributed by atoms with Gasteiger partial charge in [-0.3, -0.25) is 19.3 Å². The number of aryl methyl sites for hydroxylation is 2. The van der Waals surface area contributed by atoms with Crippen molar-refractivity contribution >= 4 is 23.6 Å². The zero-order valence-electron chi connectivity index (χ0n) is 15.4. The Morgan fingerprint density at radius 1 is 1.08 bits per heavy atom. The van der Waals surface area contributed by atoms with Gasteiger partial charge >= 0.3 is 17.8 Å². The first-order valence-corrected chi connectivity index (χ1v) is 9.10. The second-order valence-electron chi connectivity index (χ2n) is 7.42. The van der Waals surface area contributed by atoms with E-state index in [-0.39, 0.29) is 17.7 Å². The van der Waals surface area contributed by atoms with Crippen LogP contribution in [-0.4, -0.2) is 46.0 Å². The van der Waals surface area contributed by atoms with E-state index < -0.39 is 24.4 Å². The molecule has 4 amide bonds. The topological polar surface area (TPSA) is 74.8 Å². The van der Waals surface area contributed by atoms with Crippen molar-refractivity contribution in [2.75, 3.05) is 6.54 Å². The van der Waals surface area contributed by atoms with Crippen molar-refractivity contribution < 1.29 is 19.2 Å². The predicted octanol–water partition coefficient (Wildman–Crippen LogP) is 2.86. The molecular formula is C20H24N2O4. The van der Waals surface area contributed by atoms with E-state index >= 15 is 0 Å². The number of amides is 4. The van der Waals surface area contributed by atoms with Crippen LogP contribution in [0.25, 0.3) is 0 Å². The third kappa shape index (κ3) is 3.16. The normalized spacial score (nSPS) is 23.7. The van der Waals surface area contributed by atoms with Crippen molar-refractivity contribution in [3.63, 3.8) is 0 Å². The Morgan fingerprint density at radius 2 is 1.77 bits per heavy atom. The Labute approximate surface area is 153 Å². The molecular weight excluding hydrogens is 332 g/mol. The molecule has 138 valence electrons. The fourth-order valence-corrected chi connectivity index (χ4v) is 3.90. The standard InChI is InChI=1S/C20H24N2O4/c1-12-8-9-13(2)15(10-12)17(23)11-21-18(24)19(25)22(20(21)26)16-7-5-4-6-14(16)3/h8-10,14,16H,4-7,11H2,1-3H3/t14-,16+/m0/s1. The van der Waals surface area contributed by atoms with Gasteiger partial charge in [0.1, 0.15) is 0 Å². The van der Waals surface area contributed by atoms with Crippen LogP contribution in [-0.2, 0) is 9.59 Å². The number of nitrogens with zero attached hydrogens (tertiary/aromatic N) is 2. The first kappa shape index (κ1) is 18.3. The van der Waals surface area contributed by atoms with E-state index in [2.05, 4.69) is 0 Å². The molecule has 26 heavy (non-hydrogen) atoms. The Morgan fingerprint density at radius 3 is 2.46 bits per heavy atom. The highest BCUT2D eigenvalue weighted by Crippen LogP contribution is 2.31. The molecule has 0 radical (unpaired) electrons. The fourth-order valence-electron chi connectivity index (χ4n) is 3.90. The van der Waals surface area contributed by atoms with Gasteiger partial charge in [-0.25, -0.2) is 9.69 Å². The molecule has 1 aliphatic carbocycles. The second kappa shape index (κ2) is 7.02. The van der Waals surface area contributed by atoms with Crippen molar-refractivity contribution in [3.8, 4) is 0 Å². The largest absolute Gasteiger partial charge is 0.334 e. The van der Waals surface area contributed by atoms with Crippen LogP contribution in [0.3, 0.4) is 0 Å². The zero-order chi connectivity index (χ0) is 19.0. The molecule has 0 bridgehead atoms. The molecule has 2 fully saturated rings. The number of hydrogen-bond acceptors (Lipinski definition) is 4. The van der Waals surface area contributed by atoms with Gasteiger partial charge in [0.05, 0.1) is 6.54 Å². The fraction of sp³-hybridized carbons (Fsp3) is 0.500. The van der Waals surface area contributed by atoms with Crippen molar-refractivity contribution in [3.05, 3.63) is 34.9 Å². The van der Waals surface area contributed by atoms with Gasteiger partial charge in [0.25, 0.3) is 0 Å². The molecule has 0 N–H and O–H groups in total.